The Morgan fingerprint density at radius 1 is 0.926 bits per heavy atom. The number of pyridine rings is 1. The molecule has 5 rings (SSSR count). The molecular weight excluding hydrogens is 338 g/mol. The minimum Gasteiger partial charge on any atom is -0.350 e. The van der Waals surface area contributed by atoms with Gasteiger partial charge in [0.15, 0.2) is 6.29 Å². The zero-order valence-corrected chi connectivity index (χ0v) is 15.5. The molecule has 0 unspecified atom stereocenters. The Morgan fingerprint density at radius 3 is 2.44 bits per heavy atom. The lowest BCUT2D eigenvalue weighted by atomic mass is 9.96. The van der Waals surface area contributed by atoms with E-state index in [1.165, 1.54) is 11.3 Å². The van der Waals surface area contributed by atoms with Crippen molar-refractivity contribution in [3.8, 4) is 11.3 Å². The molecule has 0 amide bonds. The highest BCUT2D eigenvalue weighted by Crippen LogP contribution is 2.29. The molecular formula is C22H25N3O2. The number of benzene rings is 1. The highest BCUT2D eigenvalue weighted by atomic mass is 16.7. The number of hydrogen-bond acceptors (Lipinski definition) is 4. The molecule has 0 atom stereocenters. The molecule has 0 radical (unpaired) electrons. The summed E-state index contributed by atoms with van der Waals surface area (Å²) < 4.78 is 13.7. The third kappa shape index (κ3) is 3.38. The number of imidazole rings is 1. The molecule has 1 aromatic carbocycles. The topological polar surface area (TPSA) is 39.0 Å². The van der Waals surface area contributed by atoms with Gasteiger partial charge in [0.2, 0.25) is 0 Å². The summed E-state index contributed by atoms with van der Waals surface area (Å²) in [7, 11) is 0. The minimum absolute atomic E-state index is 0.0165. The first-order valence-corrected chi connectivity index (χ1v) is 9.85. The molecule has 3 aromatic rings. The highest BCUT2D eigenvalue weighted by Gasteiger charge is 2.31. The lowest BCUT2D eigenvalue weighted by Crippen LogP contribution is -2.38. The van der Waals surface area contributed by atoms with Gasteiger partial charge < -0.3 is 13.9 Å². The van der Waals surface area contributed by atoms with Gasteiger partial charge in [0, 0.05) is 24.2 Å². The van der Waals surface area contributed by atoms with E-state index < -0.39 is 0 Å². The molecule has 0 spiro atoms. The second-order valence-electron chi connectivity index (χ2n) is 7.43. The number of hydrogen-bond donors (Lipinski definition) is 0. The van der Waals surface area contributed by atoms with Crippen LogP contribution in [0.25, 0.3) is 16.9 Å². The van der Waals surface area contributed by atoms with Crippen molar-refractivity contribution in [3.63, 3.8) is 0 Å². The molecule has 2 saturated heterocycles. The zero-order chi connectivity index (χ0) is 18.1. The first-order valence-electron chi connectivity index (χ1n) is 9.85. The second kappa shape index (κ2) is 7.43. The smallest absolute Gasteiger partial charge is 0.160 e. The Morgan fingerprint density at radius 2 is 1.67 bits per heavy atom. The van der Waals surface area contributed by atoms with Crippen LogP contribution in [0.5, 0.6) is 0 Å². The third-order valence-corrected chi connectivity index (χ3v) is 5.71. The Kier molecular flexibility index (Phi) is 4.66. The van der Waals surface area contributed by atoms with Crippen molar-refractivity contribution in [3.05, 3.63) is 60.4 Å². The third-order valence-electron chi connectivity index (χ3n) is 5.71. The monoisotopic (exact) mass is 363 g/mol. The van der Waals surface area contributed by atoms with E-state index in [9.17, 15) is 0 Å². The number of piperidine rings is 1. The van der Waals surface area contributed by atoms with Gasteiger partial charge in [-0.05, 0) is 38.1 Å². The number of ether oxygens (including phenoxy) is 2. The van der Waals surface area contributed by atoms with Crippen LogP contribution in [0.1, 0.15) is 18.5 Å². The number of likely N-dealkylation sites (tertiary alicyclic amines) is 1. The van der Waals surface area contributed by atoms with Gasteiger partial charge in [-0.15, -0.1) is 0 Å². The fraction of sp³-hybridized carbons (Fsp3) is 0.409. The minimum atomic E-state index is 0.0165. The molecule has 0 saturated carbocycles. The summed E-state index contributed by atoms with van der Waals surface area (Å²) >= 11 is 0. The fourth-order valence-electron chi connectivity index (χ4n) is 4.27. The van der Waals surface area contributed by atoms with Crippen molar-refractivity contribution in [1.82, 2.24) is 14.3 Å². The van der Waals surface area contributed by atoms with E-state index in [-0.39, 0.29) is 6.29 Å². The van der Waals surface area contributed by atoms with Crippen LogP contribution in [0.15, 0.2) is 54.7 Å². The molecule has 5 heteroatoms. The Bertz CT molecular complexity index is 894. The van der Waals surface area contributed by atoms with E-state index in [4.69, 9.17) is 14.5 Å². The van der Waals surface area contributed by atoms with Crippen LogP contribution < -0.4 is 0 Å². The zero-order valence-electron chi connectivity index (χ0n) is 15.5. The number of aromatic nitrogens is 2. The predicted molar refractivity (Wildman–Crippen MR) is 104 cm³/mol. The van der Waals surface area contributed by atoms with Gasteiger partial charge in [-0.1, -0.05) is 36.4 Å². The Labute approximate surface area is 159 Å². The first kappa shape index (κ1) is 16.9. The van der Waals surface area contributed by atoms with E-state index in [1.807, 2.05) is 6.07 Å². The first-order chi connectivity index (χ1) is 13.4. The lowest BCUT2D eigenvalue weighted by molar-refractivity contribution is -0.0978. The van der Waals surface area contributed by atoms with Gasteiger partial charge in [0.05, 0.1) is 24.6 Å². The van der Waals surface area contributed by atoms with E-state index >= 15 is 0 Å². The van der Waals surface area contributed by atoms with Crippen LogP contribution in [0.2, 0.25) is 0 Å². The van der Waals surface area contributed by atoms with E-state index in [2.05, 4.69) is 58.0 Å². The van der Waals surface area contributed by atoms with Gasteiger partial charge in [0.25, 0.3) is 0 Å². The van der Waals surface area contributed by atoms with Crippen molar-refractivity contribution in [1.29, 1.82) is 0 Å². The van der Waals surface area contributed by atoms with Crippen LogP contribution in [-0.2, 0) is 16.0 Å². The second-order valence-corrected chi connectivity index (χ2v) is 7.43. The van der Waals surface area contributed by atoms with E-state index in [1.54, 1.807) is 0 Å². The average Bonchev–Trinajstić information content (AvgIpc) is 3.38. The number of fused-ring (bicyclic) bond motifs is 1. The van der Waals surface area contributed by atoms with Crippen molar-refractivity contribution in [2.75, 3.05) is 26.3 Å². The van der Waals surface area contributed by atoms with Crippen LogP contribution >= 0.6 is 0 Å². The molecule has 4 heterocycles. The Balaban J connectivity index is 1.38. The summed E-state index contributed by atoms with van der Waals surface area (Å²) in [4.78, 5) is 7.46. The van der Waals surface area contributed by atoms with E-state index in [0.717, 1.165) is 57.0 Å². The summed E-state index contributed by atoms with van der Waals surface area (Å²) in [6.07, 6.45) is 4.39. The summed E-state index contributed by atoms with van der Waals surface area (Å²) in [5, 5.41) is 0. The van der Waals surface area contributed by atoms with Crippen molar-refractivity contribution < 1.29 is 9.47 Å². The number of nitrogens with zero attached hydrogens (tertiary/aromatic N) is 3. The molecule has 27 heavy (non-hydrogen) atoms. The van der Waals surface area contributed by atoms with Gasteiger partial charge >= 0.3 is 0 Å². The lowest BCUT2D eigenvalue weighted by Gasteiger charge is -2.33. The van der Waals surface area contributed by atoms with Crippen molar-refractivity contribution >= 4 is 5.65 Å². The van der Waals surface area contributed by atoms with Gasteiger partial charge in [-0.25, -0.2) is 4.98 Å². The van der Waals surface area contributed by atoms with Crippen LogP contribution in [0, 0.1) is 5.92 Å². The molecule has 0 aliphatic carbocycles. The molecule has 2 fully saturated rings. The highest BCUT2D eigenvalue weighted by molar-refractivity contribution is 5.66. The molecule has 140 valence electrons. The maximum Gasteiger partial charge on any atom is 0.160 e. The van der Waals surface area contributed by atoms with Crippen LogP contribution in [0.4, 0.5) is 0 Å². The maximum absolute atomic E-state index is 5.71. The van der Waals surface area contributed by atoms with Gasteiger partial charge in [-0.3, -0.25) is 4.90 Å². The summed E-state index contributed by atoms with van der Waals surface area (Å²) in [5.41, 5.74) is 4.54. The van der Waals surface area contributed by atoms with Crippen LogP contribution in [-0.4, -0.2) is 46.9 Å². The predicted octanol–water partition coefficient (Wildman–Crippen LogP) is 3.59. The normalized spacial score (nSPS) is 19.9. The van der Waals surface area contributed by atoms with Gasteiger partial charge in [0.1, 0.15) is 5.65 Å². The van der Waals surface area contributed by atoms with E-state index in [0.29, 0.717) is 5.92 Å². The molecule has 2 aliphatic heterocycles. The molecule has 2 aliphatic rings. The largest absolute Gasteiger partial charge is 0.350 e. The summed E-state index contributed by atoms with van der Waals surface area (Å²) in [6, 6.07) is 16.7. The van der Waals surface area contributed by atoms with Crippen molar-refractivity contribution in [2.24, 2.45) is 5.92 Å². The SMILES string of the molecule is c1ccc(-c2nc3ccccn3c2CN2CCC(C3OCCO3)CC2)cc1. The fourth-order valence-corrected chi connectivity index (χ4v) is 4.27. The standard InChI is InChI=1S/C22H25N3O2/c1-2-6-17(7-3-1)21-19(25-11-5-4-8-20(25)23-21)16-24-12-9-18(10-13-24)22-26-14-15-27-22/h1-8,11,18,22H,9-10,12-16H2. The van der Waals surface area contributed by atoms with Gasteiger partial charge in [-0.2, -0.15) is 0 Å². The summed E-state index contributed by atoms with van der Waals surface area (Å²) in [5.74, 6) is 0.527. The molecule has 5 nitrogen and oxygen atoms in total. The summed E-state index contributed by atoms with van der Waals surface area (Å²) in [6.45, 7) is 4.54. The number of rotatable bonds is 4. The maximum atomic E-state index is 5.71. The average molecular weight is 363 g/mol. The quantitative estimate of drug-likeness (QED) is 0.710. The molecule has 0 N–H and O–H groups in total. The molecule has 0 bridgehead atoms. The van der Waals surface area contributed by atoms with Crippen LogP contribution in [0.3, 0.4) is 0 Å². The molecule has 2 aromatic heterocycles. The van der Waals surface area contributed by atoms with Crippen molar-refractivity contribution in [2.45, 2.75) is 25.7 Å². The Hall–Kier alpha value is -2.21.